The highest BCUT2D eigenvalue weighted by Crippen LogP contribution is 2.16. The van der Waals surface area contributed by atoms with E-state index in [9.17, 15) is 9.18 Å². The number of nitrogens with zero attached hydrogens (tertiary/aromatic N) is 1. The van der Waals surface area contributed by atoms with Crippen molar-refractivity contribution in [3.63, 3.8) is 0 Å². The monoisotopic (exact) mass is 310 g/mol. The van der Waals surface area contributed by atoms with E-state index < -0.39 is 11.7 Å². The van der Waals surface area contributed by atoms with Gasteiger partial charge in [-0.2, -0.15) is 5.10 Å². The quantitative estimate of drug-likeness (QED) is 0.678. The summed E-state index contributed by atoms with van der Waals surface area (Å²) in [5, 5.41) is 4.30. The summed E-state index contributed by atoms with van der Waals surface area (Å²) in [6.07, 6.45) is 1.33. The molecule has 0 spiro atoms. The molecule has 0 aliphatic carbocycles. The fraction of sp³-hybridized carbons (Fsp3) is 0. The second-order valence-electron chi connectivity index (χ2n) is 3.84. The third-order valence-electron chi connectivity index (χ3n) is 2.45. The molecule has 0 unspecified atom stereocenters. The highest BCUT2D eigenvalue weighted by Gasteiger charge is 2.07. The topological polar surface area (TPSA) is 41.5 Å². The van der Waals surface area contributed by atoms with Crippen molar-refractivity contribution in [2.45, 2.75) is 0 Å². The minimum atomic E-state index is -0.440. The number of nitrogens with one attached hydrogen (secondary N) is 1. The van der Waals surface area contributed by atoms with Gasteiger partial charge in [0.15, 0.2) is 0 Å². The minimum absolute atomic E-state index is 0.209. The lowest BCUT2D eigenvalue weighted by atomic mass is 10.2. The van der Waals surface area contributed by atoms with Crippen molar-refractivity contribution in [3.05, 3.63) is 69.5 Å². The summed E-state index contributed by atoms with van der Waals surface area (Å²) in [4.78, 5) is 11.8. The fourth-order valence-corrected chi connectivity index (χ4v) is 1.91. The van der Waals surface area contributed by atoms with Crippen molar-refractivity contribution < 1.29 is 9.18 Å². The molecule has 0 fully saturated rings. The van der Waals surface area contributed by atoms with E-state index in [-0.39, 0.29) is 5.02 Å². The Hall–Kier alpha value is -1.91. The van der Waals surface area contributed by atoms with Gasteiger partial charge in [0.05, 0.1) is 21.8 Å². The van der Waals surface area contributed by atoms with E-state index in [1.807, 2.05) is 0 Å². The number of halogens is 3. The van der Waals surface area contributed by atoms with E-state index in [1.54, 1.807) is 24.3 Å². The van der Waals surface area contributed by atoms with E-state index in [2.05, 4.69) is 10.5 Å². The first kappa shape index (κ1) is 14.5. The van der Waals surface area contributed by atoms with Crippen LogP contribution in [0.5, 0.6) is 0 Å². The summed E-state index contributed by atoms with van der Waals surface area (Å²) >= 11 is 11.7. The van der Waals surface area contributed by atoms with Crippen LogP contribution in [0.4, 0.5) is 4.39 Å². The van der Waals surface area contributed by atoms with Crippen LogP contribution < -0.4 is 5.43 Å². The van der Waals surface area contributed by atoms with E-state index in [0.717, 1.165) is 0 Å². The van der Waals surface area contributed by atoms with E-state index in [0.29, 0.717) is 16.1 Å². The molecule has 20 heavy (non-hydrogen) atoms. The summed E-state index contributed by atoms with van der Waals surface area (Å²) in [6, 6.07) is 10.5. The summed E-state index contributed by atoms with van der Waals surface area (Å²) in [7, 11) is 0. The van der Waals surface area contributed by atoms with E-state index in [1.165, 1.54) is 24.4 Å². The van der Waals surface area contributed by atoms with Crippen LogP contribution in [0.25, 0.3) is 0 Å². The molecule has 0 aromatic heterocycles. The molecule has 0 heterocycles. The van der Waals surface area contributed by atoms with Crippen LogP contribution in [-0.4, -0.2) is 12.1 Å². The van der Waals surface area contributed by atoms with Crippen LogP contribution >= 0.6 is 23.2 Å². The van der Waals surface area contributed by atoms with Gasteiger partial charge in [-0.1, -0.05) is 35.3 Å². The molecule has 0 radical (unpaired) electrons. The smallest absolute Gasteiger partial charge is 0.267 e. The predicted molar refractivity (Wildman–Crippen MR) is 77.9 cm³/mol. The molecule has 1 amide bonds. The van der Waals surface area contributed by atoms with Crippen molar-refractivity contribution in [3.8, 4) is 0 Å². The Kier molecular flexibility index (Phi) is 4.71. The Morgan fingerprint density at radius 2 is 1.90 bits per heavy atom. The van der Waals surface area contributed by atoms with Gasteiger partial charge in [-0.05, 0) is 30.3 Å². The van der Waals surface area contributed by atoms with Gasteiger partial charge in [0, 0.05) is 5.56 Å². The number of carbonyl (C=O) groups is 1. The van der Waals surface area contributed by atoms with Crippen LogP contribution in [0.2, 0.25) is 10.0 Å². The summed E-state index contributed by atoms with van der Waals surface area (Å²) < 4.78 is 12.9. The lowest BCUT2D eigenvalue weighted by molar-refractivity contribution is 0.0955. The van der Waals surface area contributed by atoms with Gasteiger partial charge in [0.1, 0.15) is 5.82 Å². The maximum atomic E-state index is 12.9. The van der Waals surface area contributed by atoms with E-state index in [4.69, 9.17) is 23.2 Å². The molecule has 2 aromatic carbocycles. The SMILES string of the molecule is O=C(N/N=C/c1ccc(F)cc1Cl)c1ccccc1Cl. The second-order valence-corrected chi connectivity index (χ2v) is 4.66. The fourth-order valence-electron chi connectivity index (χ4n) is 1.47. The van der Waals surface area contributed by atoms with Crippen LogP contribution in [0, 0.1) is 5.82 Å². The van der Waals surface area contributed by atoms with Gasteiger partial charge >= 0.3 is 0 Å². The number of amides is 1. The van der Waals surface area contributed by atoms with Gasteiger partial charge < -0.3 is 0 Å². The zero-order valence-corrected chi connectivity index (χ0v) is 11.6. The first-order valence-corrected chi connectivity index (χ1v) is 6.36. The third-order valence-corrected chi connectivity index (χ3v) is 3.11. The average molecular weight is 311 g/mol. The molecule has 1 N–H and O–H groups in total. The molecule has 0 atom stereocenters. The molecule has 0 saturated carbocycles. The summed E-state index contributed by atoms with van der Waals surface area (Å²) in [5.74, 6) is -0.877. The average Bonchev–Trinajstić information content (AvgIpc) is 2.41. The maximum Gasteiger partial charge on any atom is 0.272 e. The second kappa shape index (κ2) is 6.50. The highest BCUT2D eigenvalue weighted by atomic mass is 35.5. The first-order valence-electron chi connectivity index (χ1n) is 5.61. The van der Waals surface area contributed by atoms with Crippen LogP contribution in [-0.2, 0) is 0 Å². The summed E-state index contributed by atoms with van der Waals surface area (Å²) in [5.41, 5.74) is 3.13. The Morgan fingerprint density at radius 1 is 1.15 bits per heavy atom. The highest BCUT2D eigenvalue weighted by molar-refractivity contribution is 6.34. The van der Waals surface area contributed by atoms with Gasteiger partial charge in [0.25, 0.3) is 5.91 Å². The van der Waals surface area contributed by atoms with Crippen LogP contribution in [0.1, 0.15) is 15.9 Å². The molecule has 6 heteroatoms. The Morgan fingerprint density at radius 3 is 2.60 bits per heavy atom. The molecule has 2 aromatic rings. The van der Waals surface area contributed by atoms with Gasteiger partial charge in [-0.15, -0.1) is 0 Å². The molecule has 102 valence electrons. The Balaban J connectivity index is 2.07. The first-order chi connectivity index (χ1) is 9.58. The molecule has 0 aliphatic heterocycles. The van der Waals surface area contributed by atoms with Gasteiger partial charge in [-0.3, -0.25) is 4.79 Å². The number of carbonyl (C=O) groups excluding carboxylic acids is 1. The number of benzene rings is 2. The van der Waals surface area contributed by atoms with E-state index >= 15 is 0 Å². The van der Waals surface area contributed by atoms with Gasteiger partial charge in [-0.25, -0.2) is 9.82 Å². The number of hydrogen-bond acceptors (Lipinski definition) is 2. The van der Waals surface area contributed by atoms with Crippen molar-refractivity contribution in [2.75, 3.05) is 0 Å². The van der Waals surface area contributed by atoms with Crippen LogP contribution in [0.3, 0.4) is 0 Å². The summed E-state index contributed by atoms with van der Waals surface area (Å²) in [6.45, 7) is 0. The number of hydrazone groups is 1. The minimum Gasteiger partial charge on any atom is -0.267 e. The molecular formula is C14H9Cl2FN2O. The molecule has 2 rings (SSSR count). The third kappa shape index (κ3) is 3.56. The zero-order valence-electron chi connectivity index (χ0n) is 10.1. The van der Waals surface area contributed by atoms with Gasteiger partial charge in [0.2, 0.25) is 0 Å². The van der Waals surface area contributed by atoms with Crippen molar-refractivity contribution in [2.24, 2.45) is 5.10 Å². The number of hydrogen-bond donors (Lipinski definition) is 1. The lowest BCUT2D eigenvalue weighted by Gasteiger charge is -2.02. The Labute approximate surface area is 125 Å². The molecule has 0 saturated heterocycles. The molecular weight excluding hydrogens is 302 g/mol. The molecule has 0 bridgehead atoms. The zero-order chi connectivity index (χ0) is 14.5. The molecule has 0 aliphatic rings. The van der Waals surface area contributed by atoms with Crippen molar-refractivity contribution >= 4 is 35.3 Å². The largest absolute Gasteiger partial charge is 0.272 e. The van der Waals surface area contributed by atoms with Crippen molar-refractivity contribution in [1.82, 2.24) is 5.43 Å². The lowest BCUT2D eigenvalue weighted by Crippen LogP contribution is -2.17. The standard InChI is InChI=1S/C14H9Cl2FN2O/c15-12-4-2-1-3-11(12)14(20)19-18-8-9-5-6-10(17)7-13(9)16/h1-8H,(H,19,20)/b18-8+. The van der Waals surface area contributed by atoms with Crippen LogP contribution in [0.15, 0.2) is 47.6 Å². The van der Waals surface area contributed by atoms with Crippen molar-refractivity contribution in [1.29, 1.82) is 0 Å². The molecule has 3 nitrogen and oxygen atoms in total. The number of rotatable bonds is 3. The predicted octanol–water partition coefficient (Wildman–Crippen LogP) is 3.90. The maximum absolute atomic E-state index is 12.9. The Bertz CT molecular complexity index is 674. The normalized spacial score (nSPS) is 10.8.